The van der Waals surface area contributed by atoms with Gasteiger partial charge in [-0.15, -0.1) is 0 Å². The fraction of sp³-hybridized carbons (Fsp3) is 0.130. The molecule has 172 valence electrons. The van der Waals surface area contributed by atoms with Crippen LogP contribution in [0, 0.1) is 0 Å². The number of hydrogen-bond acceptors (Lipinski definition) is 6. The highest BCUT2D eigenvalue weighted by Gasteiger charge is 2.26. The van der Waals surface area contributed by atoms with Gasteiger partial charge in [-0.1, -0.05) is 42.5 Å². The summed E-state index contributed by atoms with van der Waals surface area (Å²) in [6, 6.07) is 19.2. The number of ether oxygens (including phenoxy) is 2. The molecule has 8 nitrogen and oxygen atoms in total. The largest absolute Gasteiger partial charge is 0.486 e. The molecule has 0 fully saturated rings. The van der Waals surface area contributed by atoms with E-state index in [4.69, 9.17) is 14.6 Å². The molecule has 0 amide bonds. The van der Waals surface area contributed by atoms with Gasteiger partial charge in [0.2, 0.25) is 10.0 Å². The Morgan fingerprint density at radius 2 is 1.45 bits per heavy atom. The van der Waals surface area contributed by atoms with Crippen molar-refractivity contribution in [2.24, 2.45) is 5.14 Å². The summed E-state index contributed by atoms with van der Waals surface area (Å²) in [4.78, 5) is -0.241. The first kappa shape index (κ1) is 22.8. The maximum Gasteiger partial charge on any atom is 0.264 e. The molecule has 0 aromatic heterocycles. The van der Waals surface area contributed by atoms with Gasteiger partial charge in [0.05, 0.1) is 22.0 Å². The molecule has 4 rings (SSSR count). The number of fused-ring (bicyclic) bond motifs is 1. The molecule has 10 heteroatoms. The van der Waals surface area contributed by atoms with Gasteiger partial charge in [-0.25, -0.2) is 22.0 Å². The third-order valence-corrected chi connectivity index (χ3v) is 7.67. The van der Waals surface area contributed by atoms with E-state index in [0.717, 1.165) is 5.56 Å². The summed E-state index contributed by atoms with van der Waals surface area (Å²) in [5, 5.41) is 5.13. The number of hydrogen-bond donors (Lipinski definition) is 1. The van der Waals surface area contributed by atoms with Crippen LogP contribution in [0.15, 0.2) is 88.7 Å². The van der Waals surface area contributed by atoms with Crippen molar-refractivity contribution in [3.8, 4) is 11.5 Å². The fourth-order valence-corrected chi connectivity index (χ4v) is 5.23. The molecule has 1 aliphatic rings. The van der Waals surface area contributed by atoms with Crippen molar-refractivity contribution < 1.29 is 26.3 Å². The first-order valence-electron chi connectivity index (χ1n) is 10.0. The van der Waals surface area contributed by atoms with Crippen molar-refractivity contribution in [2.75, 3.05) is 24.1 Å². The Morgan fingerprint density at radius 3 is 2.12 bits per heavy atom. The number of rotatable bonds is 7. The van der Waals surface area contributed by atoms with E-state index in [1.807, 2.05) is 36.4 Å². The van der Waals surface area contributed by atoms with Gasteiger partial charge in [0, 0.05) is 6.07 Å². The zero-order chi connectivity index (χ0) is 23.5. The van der Waals surface area contributed by atoms with Crippen molar-refractivity contribution in [3.63, 3.8) is 0 Å². The second kappa shape index (κ2) is 9.26. The third-order valence-electron chi connectivity index (χ3n) is 4.94. The third kappa shape index (κ3) is 5.19. The van der Waals surface area contributed by atoms with Crippen molar-refractivity contribution in [1.29, 1.82) is 0 Å². The van der Waals surface area contributed by atoms with Crippen molar-refractivity contribution in [3.05, 3.63) is 84.4 Å². The van der Waals surface area contributed by atoms with E-state index in [1.165, 1.54) is 28.6 Å². The van der Waals surface area contributed by atoms with Crippen LogP contribution >= 0.6 is 0 Å². The average molecular weight is 487 g/mol. The lowest BCUT2D eigenvalue weighted by Gasteiger charge is -2.25. The summed E-state index contributed by atoms with van der Waals surface area (Å²) in [5.74, 6) is 0.996. The SMILES string of the molecule is NS(=O)(=O)c1ccc(S(=O)(=O)N(C/C=C/c2ccccc2)c2ccc3c(c2)OCCO3)cc1. The molecule has 0 aliphatic carbocycles. The van der Waals surface area contributed by atoms with Crippen molar-refractivity contribution in [2.45, 2.75) is 9.79 Å². The molecule has 0 saturated carbocycles. The molecule has 0 atom stereocenters. The van der Waals surface area contributed by atoms with Gasteiger partial charge in [-0.3, -0.25) is 4.31 Å². The smallest absolute Gasteiger partial charge is 0.264 e. The number of nitrogens with zero attached hydrogens (tertiary/aromatic N) is 1. The Kier molecular flexibility index (Phi) is 6.41. The summed E-state index contributed by atoms with van der Waals surface area (Å²) >= 11 is 0. The Hall–Kier alpha value is -3.34. The predicted molar refractivity (Wildman–Crippen MR) is 125 cm³/mol. The van der Waals surface area contributed by atoms with Gasteiger partial charge in [-0.2, -0.15) is 0 Å². The molecule has 0 unspecified atom stereocenters. The van der Waals surface area contributed by atoms with Crippen LogP contribution in [-0.2, 0) is 20.0 Å². The zero-order valence-electron chi connectivity index (χ0n) is 17.5. The standard InChI is InChI=1S/C23H22N2O6S2/c24-32(26,27)20-9-11-21(12-10-20)33(28,29)25(14-4-7-18-5-2-1-3-6-18)19-8-13-22-23(17-19)31-16-15-30-22/h1-13,17H,14-16H2,(H2,24,26,27)/b7-4+. The zero-order valence-corrected chi connectivity index (χ0v) is 19.1. The van der Waals surface area contributed by atoms with E-state index in [9.17, 15) is 16.8 Å². The average Bonchev–Trinajstić information content (AvgIpc) is 2.81. The predicted octanol–water partition coefficient (Wildman–Crippen LogP) is 3.01. The van der Waals surface area contributed by atoms with Gasteiger partial charge in [0.25, 0.3) is 10.0 Å². The van der Waals surface area contributed by atoms with Gasteiger partial charge in [0.1, 0.15) is 13.2 Å². The Morgan fingerprint density at radius 1 is 0.818 bits per heavy atom. The second-order valence-corrected chi connectivity index (χ2v) is 10.6. The molecule has 1 heterocycles. The molecule has 3 aromatic rings. The summed E-state index contributed by atoms with van der Waals surface area (Å²) in [5.41, 5.74) is 1.31. The summed E-state index contributed by atoms with van der Waals surface area (Å²) in [6.07, 6.45) is 3.56. The van der Waals surface area contributed by atoms with E-state index < -0.39 is 20.0 Å². The van der Waals surface area contributed by atoms with Crippen LogP contribution in [0.5, 0.6) is 11.5 Å². The minimum atomic E-state index is -4.05. The molecule has 0 spiro atoms. The van der Waals surface area contributed by atoms with Crippen LogP contribution in [-0.4, -0.2) is 36.6 Å². The maximum atomic E-state index is 13.5. The summed E-state index contributed by atoms with van der Waals surface area (Å²) in [6.45, 7) is 0.824. The number of primary sulfonamides is 1. The van der Waals surface area contributed by atoms with Crippen LogP contribution in [0.25, 0.3) is 6.08 Å². The number of sulfonamides is 2. The Labute approximate surface area is 193 Å². The summed E-state index contributed by atoms with van der Waals surface area (Å²) < 4.78 is 62.5. The lowest BCUT2D eigenvalue weighted by atomic mass is 10.2. The number of nitrogens with two attached hydrogens (primary N) is 1. The van der Waals surface area contributed by atoms with E-state index in [1.54, 1.807) is 24.3 Å². The van der Waals surface area contributed by atoms with E-state index >= 15 is 0 Å². The molecule has 3 aromatic carbocycles. The Balaban J connectivity index is 1.72. The molecule has 0 saturated heterocycles. The lowest BCUT2D eigenvalue weighted by Crippen LogP contribution is -2.31. The minimum absolute atomic E-state index is 0.0355. The first-order valence-corrected chi connectivity index (χ1v) is 13.0. The molecular weight excluding hydrogens is 464 g/mol. The van der Waals surface area contributed by atoms with Crippen LogP contribution < -0.4 is 18.9 Å². The van der Waals surface area contributed by atoms with Crippen molar-refractivity contribution in [1.82, 2.24) is 0 Å². The molecule has 0 radical (unpaired) electrons. The van der Waals surface area contributed by atoms with Crippen LogP contribution in [0.1, 0.15) is 5.56 Å². The highest BCUT2D eigenvalue weighted by atomic mass is 32.2. The van der Waals surface area contributed by atoms with E-state index in [-0.39, 0.29) is 16.3 Å². The van der Waals surface area contributed by atoms with Crippen LogP contribution in [0.4, 0.5) is 5.69 Å². The summed E-state index contributed by atoms with van der Waals surface area (Å²) in [7, 11) is -7.99. The van der Waals surface area contributed by atoms with Crippen LogP contribution in [0.2, 0.25) is 0 Å². The van der Waals surface area contributed by atoms with Gasteiger partial charge < -0.3 is 9.47 Å². The number of benzene rings is 3. The normalized spacial score (nSPS) is 13.7. The monoisotopic (exact) mass is 486 g/mol. The minimum Gasteiger partial charge on any atom is -0.486 e. The fourth-order valence-electron chi connectivity index (χ4n) is 3.31. The topological polar surface area (TPSA) is 116 Å². The second-order valence-electron chi connectivity index (χ2n) is 7.19. The highest BCUT2D eigenvalue weighted by molar-refractivity contribution is 7.92. The highest BCUT2D eigenvalue weighted by Crippen LogP contribution is 2.35. The molecular formula is C23H22N2O6S2. The molecule has 1 aliphatic heterocycles. The quantitative estimate of drug-likeness (QED) is 0.549. The van der Waals surface area contributed by atoms with Gasteiger partial charge >= 0.3 is 0 Å². The molecule has 0 bridgehead atoms. The molecule has 33 heavy (non-hydrogen) atoms. The Bertz CT molecular complexity index is 1370. The van der Waals surface area contributed by atoms with Crippen molar-refractivity contribution >= 4 is 31.8 Å². The molecule has 2 N–H and O–H groups in total. The van der Waals surface area contributed by atoms with Gasteiger partial charge in [-0.05, 0) is 42.0 Å². The maximum absolute atomic E-state index is 13.5. The first-order chi connectivity index (χ1) is 15.7. The van der Waals surface area contributed by atoms with Crippen LogP contribution in [0.3, 0.4) is 0 Å². The van der Waals surface area contributed by atoms with E-state index in [0.29, 0.717) is 30.4 Å². The van der Waals surface area contributed by atoms with Gasteiger partial charge in [0.15, 0.2) is 11.5 Å². The number of anilines is 1. The van der Waals surface area contributed by atoms with E-state index in [2.05, 4.69) is 0 Å². The lowest BCUT2D eigenvalue weighted by molar-refractivity contribution is 0.171.